The molecular weight excluding hydrogens is 188 g/mol. The van der Waals surface area contributed by atoms with E-state index in [4.69, 9.17) is 5.11 Å². The molecule has 0 amide bonds. The van der Waals surface area contributed by atoms with E-state index >= 15 is 0 Å². The highest BCUT2D eigenvalue weighted by molar-refractivity contribution is 5.66. The Balaban J connectivity index is 3.02. The molecule has 15 heavy (non-hydrogen) atoms. The van der Waals surface area contributed by atoms with E-state index in [9.17, 15) is 4.79 Å². The molecule has 1 N–H and O–H groups in total. The average molecular weight is 214 g/mol. The SMILES string of the molecule is CC[C@@H](C)CCCCCCCCC(=O)O. The van der Waals surface area contributed by atoms with Crippen LogP contribution in [0.4, 0.5) is 0 Å². The fraction of sp³-hybridized carbons (Fsp3) is 0.923. The van der Waals surface area contributed by atoms with Crippen molar-refractivity contribution in [3.05, 3.63) is 0 Å². The van der Waals surface area contributed by atoms with Gasteiger partial charge in [-0.15, -0.1) is 0 Å². The summed E-state index contributed by atoms with van der Waals surface area (Å²) in [4.78, 5) is 10.2. The van der Waals surface area contributed by atoms with Gasteiger partial charge in [-0.3, -0.25) is 4.79 Å². The third-order valence-electron chi connectivity index (χ3n) is 3.03. The Morgan fingerprint density at radius 2 is 1.60 bits per heavy atom. The van der Waals surface area contributed by atoms with Crippen molar-refractivity contribution >= 4 is 5.97 Å². The minimum atomic E-state index is -0.660. The Morgan fingerprint density at radius 3 is 2.13 bits per heavy atom. The molecule has 0 aromatic carbocycles. The number of unbranched alkanes of at least 4 members (excludes halogenated alkanes) is 5. The predicted octanol–water partition coefficient (Wildman–Crippen LogP) is 4.24. The second-order valence-corrected chi connectivity index (χ2v) is 4.57. The molecule has 0 rings (SSSR count). The van der Waals surface area contributed by atoms with Crippen LogP contribution in [0.25, 0.3) is 0 Å². The molecular formula is C13H26O2. The van der Waals surface area contributed by atoms with Crippen LogP contribution in [0, 0.1) is 5.92 Å². The molecule has 0 bridgehead atoms. The first-order chi connectivity index (χ1) is 7.16. The second-order valence-electron chi connectivity index (χ2n) is 4.57. The Bertz CT molecular complexity index is 155. The van der Waals surface area contributed by atoms with Gasteiger partial charge in [0.05, 0.1) is 0 Å². The first-order valence-electron chi connectivity index (χ1n) is 6.38. The molecule has 0 heterocycles. The number of aliphatic carboxylic acids is 1. The van der Waals surface area contributed by atoms with Crippen LogP contribution < -0.4 is 0 Å². The number of hydrogen-bond donors (Lipinski definition) is 1. The van der Waals surface area contributed by atoms with Gasteiger partial charge >= 0.3 is 5.97 Å². The molecule has 0 spiro atoms. The summed E-state index contributed by atoms with van der Waals surface area (Å²) in [5.41, 5.74) is 0. The van der Waals surface area contributed by atoms with Gasteiger partial charge in [-0.1, -0.05) is 58.8 Å². The predicted molar refractivity (Wildman–Crippen MR) is 64.0 cm³/mol. The lowest BCUT2D eigenvalue weighted by Crippen LogP contribution is -1.94. The Kier molecular flexibility index (Phi) is 9.65. The van der Waals surface area contributed by atoms with E-state index < -0.39 is 5.97 Å². The first kappa shape index (κ1) is 14.5. The maximum Gasteiger partial charge on any atom is 0.303 e. The Hall–Kier alpha value is -0.530. The van der Waals surface area contributed by atoms with E-state index in [1.807, 2.05) is 0 Å². The van der Waals surface area contributed by atoms with E-state index in [2.05, 4.69) is 13.8 Å². The van der Waals surface area contributed by atoms with Crippen LogP contribution in [0.3, 0.4) is 0 Å². The number of carboxylic acid groups (broad SMARTS) is 1. The van der Waals surface area contributed by atoms with E-state index in [0.717, 1.165) is 18.8 Å². The third-order valence-corrected chi connectivity index (χ3v) is 3.03. The van der Waals surface area contributed by atoms with Crippen molar-refractivity contribution in [3.8, 4) is 0 Å². The van der Waals surface area contributed by atoms with Crippen molar-refractivity contribution in [1.82, 2.24) is 0 Å². The molecule has 90 valence electrons. The van der Waals surface area contributed by atoms with Crippen LogP contribution >= 0.6 is 0 Å². The van der Waals surface area contributed by atoms with Crippen molar-refractivity contribution in [3.63, 3.8) is 0 Å². The Labute approximate surface area is 94.1 Å². The van der Waals surface area contributed by atoms with Gasteiger partial charge in [0.25, 0.3) is 0 Å². The number of carboxylic acids is 1. The molecule has 2 heteroatoms. The van der Waals surface area contributed by atoms with Crippen molar-refractivity contribution in [2.45, 2.75) is 71.6 Å². The zero-order valence-electron chi connectivity index (χ0n) is 10.3. The normalized spacial score (nSPS) is 12.7. The van der Waals surface area contributed by atoms with Gasteiger partial charge in [-0.2, -0.15) is 0 Å². The molecule has 0 saturated heterocycles. The highest BCUT2D eigenvalue weighted by Crippen LogP contribution is 2.14. The molecule has 0 saturated carbocycles. The monoisotopic (exact) mass is 214 g/mol. The fourth-order valence-corrected chi connectivity index (χ4v) is 1.68. The van der Waals surface area contributed by atoms with Crippen molar-refractivity contribution in [2.75, 3.05) is 0 Å². The lowest BCUT2D eigenvalue weighted by molar-refractivity contribution is -0.137. The van der Waals surface area contributed by atoms with Gasteiger partial charge in [0.15, 0.2) is 0 Å². The lowest BCUT2D eigenvalue weighted by atomic mass is 10.00. The quantitative estimate of drug-likeness (QED) is 0.552. The summed E-state index contributed by atoms with van der Waals surface area (Å²) in [5.74, 6) is 0.212. The van der Waals surface area contributed by atoms with Gasteiger partial charge < -0.3 is 5.11 Å². The first-order valence-corrected chi connectivity index (χ1v) is 6.38. The van der Waals surface area contributed by atoms with Crippen LogP contribution in [0.5, 0.6) is 0 Å². The highest BCUT2D eigenvalue weighted by atomic mass is 16.4. The molecule has 0 radical (unpaired) electrons. The topological polar surface area (TPSA) is 37.3 Å². The zero-order valence-corrected chi connectivity index (χ0v) is 10.3. The zero-order chi connectivity index (χ0) is 11.5. The summed E-state index contributed by atoms with van der Waals surface area (Å²) in [5, 5.41) is 8.44. The molecule has 1 atom stereocenters. The van der Waals surface area contributed by atoms with Crippen LogP contribution in [0.2, 0.25) is 0 Å². The van der Waals surface area contributed by atoms with E-state index in [0.29, 0.717) is 6.42 Å². The van der Waals surface area contributed by atoms with Gasteiger partial charge in [0.2, 0.25) is 0 Å². The molecule has 0 fully saturated rings. The third kappa shape index (κ3) is 11.4. The molecule has 0 unspecified atom stereocenters. The van der Waals surface area contributed by atoms with Crippen LogP contribution in [-0.2, 0) is 4.79 Å². The molecule has 0 aromatic heterocycles. The summed E-state index contributed by atoms with van der Waals surface area (Å²) in [7, 11) is 0. The second kappa shape index (κ2) is 10.0. The maximum absolute atomic E-state index is 10.2. The minimum absolute atomic E-state index is 0.340. The molecule has 0 aromatic rings. The molecule has 0 aliphatic carbocycles. The maximum atomic E-state index is 10.2. The lowest BCUT2D eigenvalue weighted by Gasteiger charge is -2.07. The van der Waals surface area contributed by atoms with Crippen molar-refractivity contribution in [1.29, 1.82) is 0 Å². The molecule has 2 nitrogen and oxygen atoms in total. The number of carbonyl (C=O) groups is 1. The smallest absolute Gasteiger partial charge is 0.303 e. The van der Waals surface area contributed by atoms with E-state index in [-0.39, 0.29) is 0 Å². The fourth-order valence-electron chi connectivity index (χ4n) is 1.68. The Morgan fingerprint density at radius 1 is 1.07 bits per heavy atom. The summed E-state index contributed by atoms with van der Waals surface area (Å²) in [6.45, 7) is 4.56. The van der Waals surface area contributed by atoms with Crippen LogP contribution in [0.1, 0.15) is 71.6 Å². The average Bonchev–Trinajstić information content (AvgIpc) is 2.21. The van der Waals surface area contributed by atoms with Gasteiger partial charge in [-0.05, 0) is 12.3 Å². The minimum Gasteiger partial charge on any atom is -0.481 e. The van der Waals surface area contributed by atoms with Gasteiger partial charge in [0.1, 0.15) is 0 Å². The largest absolute Gasteiger partial charge is 0.481 e. The standard InChI is InChI=1S/C13H26O2/c1-3-12(2)10-8-6-4-5-7-9-11-13(14)15/h12H,3-11H2,1-2H3,(H,14,15)/t12-/m1/s1. The van der Waals surface area contributed by atoms with E-state index in [1.165, 1.54) is 38.5 Å². The summed E-state index contributed by atoms with van der Waals surface area (Å²) >= 11 is 0. The van der Waals surface area contributed by atoms with Crippen molar-refractivity contribution in [2.24, 2.45) is 5.92 Å². The summed E-state index contributed by atoms with van der Waals surface area (Å²) in [6, 6.07) is 0. The van der Waals surface area contributed by atoms with Crippen molar-refractivity contribution < 1.29 is 9.90 Å². The summed E-state index contributed by atoms with van der Waals surface area (Å²) in [6.07, 6.45) is 10.0. The molecule has 0 aliphatic rings. The van der Waals surface area contributed by atoms with Crippen LogP contribution in [-0.4, -0.2) is 11.1 Å². The number of rotatable bonds is 10. The number of hydrogen-bond acceptors (Lipinski definition) is 1. The highest BCUT2D eigenvalue weighted by Gasteiger charge is 1.99. The van der Waals surface area contributed by atoms with Gasteiger partial charge in [-0.25, -0.2) is 0 Å². The van der Waals surface area contributed by atoms with Crippen LogP contribution in [0.15, 0.2) is 0 Å². The summed E-state index contributed by atoms with van der Waals surface area (Å²) < 4.78 is 0. The molecule has 0 aliphatic heterocycles. The van der Waals surface area contributed by atoms with E-state index in [1.54, 1.807) is 0 Å². The van der Waals surface area contributed by atoms with Gasteiger partial charge in [0, 0.05) is 6.42 Å².